The molecule has 0 radical (unpaired) electrons. The summed E-state index contributed by atoms with van der Waals surface area (Å²) in [5.74, 6) is 0.566. The van der Waals surface area contributed by atoms with Crippen LogP contribution in [0.2, 0.25) is 0 Å². The van der Waals surface area contributed by atoms with Crippen molar-refractivity contribution in [1.29, 1.82) is 0 Å². The zero-order valence-electron chi connectivity index (χ0n) is 13.5. The van der Waals surface area contributed by atoms with Crippen LogP contribution in [0.1, 0.15) is 21.5 Å². The summed E-state index contributed by atoms with van der Waals surface area (Å²) in [7, 11) is 0. The Balaban J connectivity index is 1.52. The molecule has 0 saturated carbocycles. The number of ether oxygens (including phenoxy) is 1. The molecule has 2 aromatic heterocycles. The highest BCUT2D eigenvalue weighted by Crippen LogP contribution is 2.28. The standard InChI is InChI=1S/C18H18N4O2/c1-13-15(18(23)24-10-7-14-5-3-2-4-6-14)11-22-16(13)17(19-12-20-22)21-8-9-21/h2-6,11-12H,7-10H2,1H3. The molecule has 6 heteroatoms. The van der Waals surface area contributed by atoms with Gasteiger partial charge in [-0.2, -0.15) is 5.10 Å². The second kappa shape index (κ2) is 5.96. The molecule has 122 valence electrons. The third kappa shape index (κ3) is 2.71. The van der Waals surface area contributed by atoms with Gasteiger partial charge < -0.3 is 9.64 Å². The van der Waals surface area contributed by atoms with E-state index >= 15 is 0 Å². The van der Waals surface area contributed by atoms with Gasteiger partial charge in [0.05, 0.1) is 12.2 Å². The molecule has 0 unspecified atom stereocenters. The Morgan fingerprint density at radius 3 is 2.79 bits per heavy atom. The van der Waals surface area contributed by atoms with Gasteiger partial charge in [-0.1, -0.05) is 30.3 Å². The number of benzene rings is 1. The van der Waals surface area contributed by atoms with E-state index < -0.39 is 0 Å². The van der Waals surface area contributed by atoms with Crippen molar-refractivity contribution in [3.63, 3.8) is 0 Å². The molecular weight excluding hydrogens is 304 g/mol. The molecule has 3 heterocycles. The van der Waals surface area contributed by atoms with Crippen LogP contribution < -0.4 is 4.90 Å². The molecule has 0 aliphatic carbocycles. The predicted molar refractivity (Wildman–Crippen MR) is 90.4 cm³/mol. The average molecular weight is 322 g/mol. The summed E-state index contributed by atoms with van der Waals surface area (Å²) in [6, 6.07) is 9.99. The summed E-state index contributed by atoms with van der Waals surface area (Å²) >= 11 is 0. The van der Waals surface area contributed by atoms with Crippen molar-refractivity contribution >= 4 is 17.3 Å². The lowest BCUT2D eigenvalue weighted by atomic mass is 10.1. The minimum atomic E-state index is -0.314. The number of nitrogens with zero attached hydrogens (tertiary/aromatic N) is 4. The van der Waals surface area contributed by atoms with Crippen molar-refractivity contribution < 1.29 is 9.53 Å². The van der Waals surface area contributed by atoms with Crippen LogP contribution in [-0.2, 0) is 11.2 Å². The number of aromatic nitrogens is 3. The molecule has 0 amide bonds. The highest BCUT2D eigenvalue weighted by molar-refractivity contribution is 5.95. The maximum absolute atomic E-state index is 12.4. The van der Waals surface area contributed by atoms with Gasteiger partial charge >= 0.3 is 5.97 Å². The van der Waals surface area contributed by atoms with E-state index in [0.29, 0.717) is 18.6 Å². The molecule has 1 aliphatic heterocycles. The van der Waals surface area contributed by atoms with Crippen molar-refractivity contribution in [3.05, 3.63) is 59.5 Å². The molecule has 24 heavy (non-hydrogen) atoms. The first kappa shape index (κ1) is 14.7. The number of anilines is 1. The van der Waals surface area contributed by atoms with Gasteiger partial charge in [-0.3, -0.25) is 0 Å². The fourth-order valence-electron chi connectivity index (χ4n) is 2.82. The fourth-order valence-corrected chi connectivity index (χ4v) is 2.82. The van der Waals surface area contributed by atoms with Gasteiger partial charge in [-0.15, -0.1) is 0 Å². The number of fused-ring (bicyclic) bond motifs is 1. The lowest BCUT2D eigenvalue weighted by Gasteiger charge is -2.05. The van der Waals surface area contributed by atoms with Crippen molar-refractivity contribution in [2.24, 2.45) is 0 Å². The SMILES string of the molecule is Cc1c(C(=O)OCCc2ccccc2)cn2ncnc(N3CC3)c12. The molecule has 6 nitrogen and oxygen atoms in total. The van der Waals surface area contributed by atoms with Gasteiger partial charge in [-0.25, -0.2) is 14.3 Å². The zero-order valence-corrected chi connectivity index (χ0v) is 13.5. The molecule has 3 aromatic rings. The van der Waals surface area contributed by atoms with Crippen LogP contribution in [0.4, 0.5) is 5.82 Å². The second-order valence-corrected chi connectivity index (χ2v) is 5.90. The number of esters is 1. The molecule has 1 fully saturated rings. The van der Waals surface area contributed by atoms with Crippen molar-refractivity contribution in [2.75, 3.05) is 24.6 Å². The molecule has 0 spiro atoms. The molecule has 1 aliphatic rings. The average Bonchev–Trinajstić information content (AvgIpc) is 3.39. The van der Waals surface area contributed by atoms with E-state index in [2.05, 4.69) is 15.0 Å². The Morgan fingerprint density at radius 2 is 2.04 bits per heavy atom. The zero-order chi connectivity index (χ0) is 16.5. The number of aryl methyl sites for hydroxylation is 1. The monoisotopic (exact) mass is 322 g/mol. The van der Waals surface area contributed by atoms with E-state index in [1.54, 1.807) is 10.7 Å². The third-order valence-corrected chi connectivity index (χ3v) is 4.24. The maximum Gasteiger partial charge on any atom is 0.340 e. The van der Waals surface area contributed by atoms with Gasteiger partial charge in [0.1, 0.15) is 11.8 Å². The van der Waals surface area contributed by atoms with Crippen LogP contribution in [0.5, 0.6) is 0 Å². The first-order valence-corrected chi connectivity index (χ1v) is 8.03. The molecule has 0 atom stereocenters. The molecule has 4 rings (SSSR count). The van der Waals surface area contributed by atoms with Crippen LogP contribution in [0.15, 0.2) is 42.9 Å². The van der Waals surface area contributed by atoms with Crippen molar-refractivity contribution in [1.82, 2.24) is 14.6 Å². The van der Waals surface area contributed by atoms with E-state index in [1.807, 2.05) is 37.3 Å². The minimum Gasteiger partial charge on any atom is -0.462 e. The minimum absolute atomic E-state index is 0.314. The van der Waals surface area contributed by atoms with Gasteiger partial charge in [0.2, 0.25) is 0 Å². The van der Waals surface area contributed by atoms with E-state index in [0.717, 1.165) is 35.6 Å². The lowest BCUT2D eigenvalue weighted by Crippen LogP contribution is -2.08. The van der Waals surface area contributed by atoms with Gasteiger partial charge in [0.15, 0.2) is 5.82 Å². The number of hydrogen-bond donors (Lipinski definition) is 0. The predicted octanol–water partition coefficient (Wildman–Crippen LogP) is 2.26. The first-order chi connectivity index (χ1) is 11.7. The Morgan fingerprint density at radius 1 is 1.25 bits per heavy atom. The lowest BCUT2D eigenvalue weighted by molar-refractivity contribution is 0.0508. The van der Waals surface area contributed by atoms with E-state index in [4.69, 9.17) is 4.74 Å². The largest absolute Gasteiger partial charge is 0.462 e. The van der Waals surface area contributed by atoms with Crippen molar-refractivity contribution in [2.45, 2.75) is 13.3 Å². The Bertz CT molecular complexity index is 885. The summed E-state index contributed by atoms with van der Waals surface area (Å²) in [6.07, 6.45) is 3.95. The second-order valence-electron chi connectivity index (χ2n) is 5.90. The number of carbonyl (C=O) groups is 1. The Kier molecular flexibility index (Phi) is 3.65. The topological polar surface area (TPSA) is 59.5 Å². The van der Waals surface area contributed by atoms with Gasteiger partial charge in [-0.05, 0) is 18.1 Å². The maximum atomic E-state index is 12.4. The third-order valence-electron chi connectivity index (χ3n) is 4.24. The summed E-state index contributed by atoms with van der Waals surface area (Å²) in [5, 5.41) is 4.21. The Labute approximate surface area is 139 Å². The van der Waals surface area contributed by atoms with Gasteiger partial charge in [0.25, 0.3) is 0 Å². The molecule has 1 saturated heterocycles. The van der Waals surface area contributed by atoms with Crippen LogP contribution in [0.3, 0.4) is 0 Å². The van der Waals surface area contributed by atoms with Crippen LogP contribution >= 0.6 is 0 Å². The Hall–Kier alpha value is -2.89. The van der Waals surface area contributed by atoms with E-state index in [-0.39, 0.29) is 5.97 Å². The fraction of sp³-hybridized carbons (Fsp3) is 0.278. The summed E-state index contributed by atoms with van der Waals surface area (Å²) < 4.78 is 7.16. The van der Waals surface area contributed by atoms with Crippen LogP contribution in [0, 0.1) is 6.92 Å². The summed E-state index contributed by atoms with van der Waals surface area (Å²) in [4.78, 5) is 18.9. The van der Waals surface area contributed by atoms with Crippen molar-refractivity contribution in [3.8, 4) is 0 Å². The molecule has 0 bridgehead atoms. The smallest absolute Gasteiger partial charge is 0.340 e. The van der Waals surface area contributed by atoms with Crippen LogP contribution in [-0.4, -0.2) is 40.3 Å². The molecule has 1 aromatic carbocycles. The van der Waals surface area contributed by atoms with E-state index in [1.165, 1.54) is 6.33 Å². The van der Waals surface area contributed by atoms with E-state index in [9.17, 15) is 4.79 Å². The normalized spacial score (nSPS) is 13.3. The number of rotatable bonds is 5. The first-order valence-electron chi connectivity index (χ1n) is 8.03. The molecular formula is C18H18N4O2. The summed E-state index contributed by atoms with van der Waals surface area (Å²) in [5.41, 5.74) is 3.44. The highest BCUT2D eigenvalue weighted by atomic mass is 16.5. The number of hydrogen-bond acceptors (Lipinski definition) is 5. The summed E-state index contributed by atoms with van der Waals surface area (Å²) in [6.45, 7) is 4.26. The molecule has 0 N–H and O–H groups in total. The quantitative estimate of drug-likeness (QED) is 0.533. The van der Waals surface area contributed by atoms with Crippen LogP contribution in [0.25, 0.3) is 5.52 Å². The van der Waals surface area contributed by atoms with Gasteiger partial charge in [0, 0.05) is 25.7 Å². The highest BCUT2D eigenvalue weighted by Gasteiger charge is 2.26. The number of carbonyl (C=O) groups excluding carboxylic acids is 1.